The van der Waals surface area contributed by atoms with E-state index >= 15 is 0 Å². The molecule has 0 amide bonds. The molecule has 1 rings (SSSR count). The molecule has 4 heteroatoms. The number of rotatable bonds is 14. The molecule has 1 fully saturated rings. The molecule has 21 heavy (non-hydrogen) atoms. The second-order valence-electron chi connectivity index (χ2n) is 6.48. The molecule has 0 spiro atoms. The van der Waals surface area contributed by atoms with E-state index in [4.69, 9.17) is 0 Å². The first-order valence-electron chi connectivity index (χ1n) is 9.08. The van der Waals surface area contributed by atoms with Crippen LogP contribution in [0.4, 0.5) is 0 Å². The van der Waals surface area contributed by atoms with Crippen molar-refractivity contribution in [3.05, 3.63) is 0 Å². The average Bonchev–Trinajstić information content (AvgIpc) is 2.47. The normalized spacial score (nSPS) is 21.7. The Labute approximate surface area is 132 Å². The van der Waals surface area contributed by atoms with E-state index < -0.39 is 0 Å². The molecule has 0 aliphatic heterocycles. The van der Waals surface area contributed by atoms with Crippen LogP contribution in [0.3, 0.4) is 0 Å². The smallest absolute Gasteiger partial charge is 0.000974 e. The van der Waals surface area contributed by atoms with Crippen molar-refractivity contribution in [2.75, 3.05) is 59.4 Å². The monoisotopic (exact) mass is 298 g/mol. The molecule has 0 aromatic rings. The van der Waals surface area contributed by atoms with Gasteiger partial charge in [-0.25, -0.2) is 0 Å². The molecular formula is C17H38N4. The van der Waals surface area contributed by atoms with Gasteiger partial charge in [-0.1, -0.05) is 13.8 Å². The fourth-order valence-corrected chi connectivity index (χ4v) is 3.09. The summed E-state index contributed by atoms with van der Waals surface area (Å²) in [6, 6.07) is 0. The van der Waals surface area contributed by atoms with Crippen molar-refractivity contribution in [2.24, 2.45) is 11.8 Å². The first kappa shape index (κ1) is 18.9. The van der Waals surface area contributed by atoms with Gasteiger partial charge in [0.15, 0.2) is 0 Å². The molecule has 0 saturated heterocycles. The number of nitrogens with one attached hydrogen (secondary N) is 3. The molecule has 0 radical (unpaired) electrons. The van der Waals surface area contributed by atoms with Crippen molar-refractivity contribution in [2.45, 2.75) is 39.5 Å². The van der Waals surface area contributed by atoms with Gasteiger partial charge in [-0.2, -0.15) is 0 Å². The van der Waals surface area contributed by atoms with E-state index in [0.717, 1.165) is 44.6 Å². The van der Waals surface area contributed by atoms with Crippen molar-refractivity contribution >= 4 is 0 Å². The standard InChI is InChI=1S/C17H38N4/c1-4-18-10-6-11-20-14-16-8-9-17(16)15-21(3)13-7-12-19-5-2/h16-20H,4-15H2,1-3H3. The summed E-state index contributed by atoms with van der Waals surface area (Å²) < 4.78 is 0. The van der Waals surface area contributed by atoms with E-state index in [-0.39, 0.29) is 0 Å². The van der Waals surface area contributed by atoms with Crippen LogP contribution in [-0.2, 0) is 0 Å². The molecule has 0 aromatic heterocycles. The molecule has 1 aliphatic rings. The molecule has 0 aromatic carbocycles. The Hall–Kier alpha value is -0.160. The van der Waals surface area contributed by atoms with E-state index in [1.165, 1.54) is 45.3 Å². The summed E-state index contributed by atoms with van der Waals surface area (Å²) >= 11 is 0. The van der Waals surface area contributed by atoms with Gasteiger partial charge in [-0.15, -0.1) is 0 Å². The van der Waals surface area contributed by atoms with E-state index in [0.29, 0.717) is 0 Å². The van der Waals surface area contributed by atoms with Gasteiger partial charge in [0, 0.05) is 6.54 Å². The van der Waals surface area contributed by atoms with Crippen LogP contribution < -0.4 is 16.0 Å². The summed E-state index contributed by atoms with van der Waals surface area (Å²) in [6.45, 7) is 13.7. The zero-order valence-corrected chi connectivity index (χ0v) is 14.6. The highest BCUT2D eigenvalue weighted by molar-refractivity contribution is 4.84. The highest BCUT2D eigenvalue weighted by atomic mass is 15.1. The largest absolute Gasteiger partial charge is 0.317 e. The molecule has 1 aliphatic carbocycles. The fraction of sp³-hybridized carbons (Fsp3) is 1.00. The molecule has 2 atom stereocenters. The minimum Gasteiger partial charge on any atom is -0.317 e. The Morgan fingerprint density at radius 1 is 0.857 bits per heavy atom. The minimum atomic E-state index is 0.917. The lowest BCUT2D eigenvalue weighted by molar-refractivity contribution is 0.120. The molecule has 1 saturated carbocycles. The van der Waals surface area contributed by atoms with Crippen molar-refractivity contribution in [3.63, 3.8) is 0 Å². The lowest BCUT2D eigenvalue weighted by atomic mass is 9.73. The highest BCUT2D eigenvalue weighted by Crippen LogP contribution is 2.34. The van der Waals surface area contributed by atoms with Gasteiger partial charge in [0.2, 0.25) is 0 Å². The Bertz CT molecular complexity index is 235. The summed E-state index contributed by atoms with van der Waals surface area (Å²) in [5.41, 5.74) is 0. The fourth-order valence-electron chi connectivity index (χ4n) is 3.09. The van der Waals surface area contributed by atoms with Gasteiger partial charge in [0.25, 0.3) is 0 Å². The Kier molecular flexibility index (Phi) is 11.1. The zero-order valence-electron chi connectivity index (χ0n) is 14.6. The first-order valence-corrected chi connectivity index (χ1v) is 9.08. The van der Waals surface area contributed by atoms with Crippen molar-refractivity contribution < 1.29 is 0 Å². The van der Waals surface area contributed by atoms with Gasteiger partial charge in [-0.3, -0.25) is 0 Å². The van der Waals surface area contributed by atoms with E-state index in [9.17, 15) is 0 Å². The third-order valence-electron chi connectivity index (χ3n) is 4.63. The maximum absolute atomic E-state index is 3.64. The second-order valence-corrected chi connectivity index (χ2v) is 6.48. The quantitative estimate of drug-likeness (QED) is 0.425. The SMILES string of the molecule is CCNCCCNCC1CCC1CN(C)CCCNCC. The molecule has 2 unspecified atom stereocenters. The predicted octanol–water partition coefficient (Wildman–Crippen LogP) is 1.53. The molecule has 0 bridgehead atoms. The van der Waals surface area contributed by atoms with Crippen LogP contribution in [0.25, 0.3) is 0 Å². The summed E-state index contributed by atoms with van der Waals surface area (Å²) in [6.07, 6.45) is 5.37. The summed E-state index contributed by atoms with van der Waals surface area (Å²) in [5.74, 6) is 1.84. The number of hydrogen-bond acceptors (Lipinski definition) is 4. The molecule has 0 heterocycles. The van der Waals surface area contributed by atoms with Gasteiger partial charge >= 0.3 is 0 Å². The highest BCUT2D eigenvalue weighted by Gasteiger charge is 2.30. The van der Waals surface area contributed by atoms with E-state index in [1.807, 2.05) is 0 Å². The Balaban J connectivity index is 1.97. The van der Waals surface area contributed by atoms with Crippen LogP contribution in [-0.4, -0.2) is 64.3 Å². The first-order chi connectivity index (χ1) is 10.3. The summed E-state index contributed by atoms with van der Waals surface area (Å²) in [7, 11) is 2.28. The third kappa shape index (κ3) is 8.77. The topological polar surface area (TPSA) is 39.3 Å². The molecule has 3 N–H and O–H groups in total. The molecular weight excluding hydrogens is 260 g/mol. The summed E-state index contributed by atoms with van der Waals surface area (Å²) in [5, 5.41) is 10.4. The molecule has 126 valence electrons. The van der Waals surface area contributed by atoms with Gasteiger partial charge in [-0.05, 0) is 90.4 Å². The van der Waals surface area contributed by atoms with Gasteiger partial charge in [0.05, 0.1) is 0 Å². The van der Waals surface area contributed by atoms with Crippen LogP contribution in [0.2, 0.25) is 0 Å². The van der Waals surface area contributed by atoms with Gasteiger partial charge in [0.1, 0.15) is 0 Å². The van der Waals surface area contributed by atoms with E-state index in [1.54, 1.807) is 0 Å². The van der Waals surface area contributed by atoms with Crippen LogP contribution in [0.5, 0.6) is 0 Å². The van der Waals surface area contributed by atoms with Crippen molar-refractivity contribution in [1.29, 1.82) is 0 Å². The maximum Gasteiger partial charge on any atom is 0.000974 e. The van der Waals surface area contributed by atoms with Crippen LogP contribution in [0.1, 0.15) is 39.5 Å². The Morgan fingerprint density at radius 3 is 2.10 bits per heavy atom. The van der Waals surface area contributed by atoms with Crippen molar-refractivity contribution in [3.8, 4) is 0 Å². The van der Waals surface area contributed by atoms with Crippen LogP contribution in [0.15, 0.2) is 0 Å². The molecule has 4 nitrogen and oxygen atoms in total. The predicted molar refractivity (Wildman–Crippen MR) is 92.9 cm³/mol. The maximum atomic E-state index is 3.64. The second kappa shape index (κ2) is 12.4. The lowest BCUT2D eigenvalue weighted by Crippen LogP contribution is -2.42. The van der Waals surface area contributed by atoms with Crippen LogP contribution >= 0.6 is 0 Å². The van der Waals surface area contributed by atoms with Crippen LogP contribution in [0, 0.1) is 11.8 Å². The Morgan fingerprint density at radius 2 is 1.48 bits per heavy atom. The zero-order chi connectivity index (χ0) is 15.3. The third-order valence-corrected chi connectivity index (χ3v) is 4.63. The number of hydrogen-bond donors (Lipinski definition) is 3. The van der Waals surface area contributed by atoms with Crippen molar-refractivity contribution in [1.82, 2.24) is 20.9 Å². The van der Waals surface area contributed by atoms with Gasteiger partial charge < -0.3 is 20.9 Å². The summed E-state index contributed by atoms with van der Waals surface area (Å²) in [4.78, 5) is 2.53. The average molecular weight is 299 g/mol. The minimum absolute atomic E-state index is 0.917. The lowest BCUT2D eigenvalue weighted by Gasteiger charge is -2.39. The van der Waals surface area contributed by atoms with E-state index in [2.05, 4.69) is 41.7 Å². The number of nitrogens with zero attached hydrogens (tertiary/aromatic N) is 1.